The first-order valence-corrected chi connectivity index (χ1v) is 12.1. The molecule has 1 saturated heterocycles. The van der Waals surface area contributed by atoms with Gasteiger partial charge in [0.2, 0.25) is 5.91 Å². The number of benzene rings is 1. The summed E-state index contributed by atoms with van der Waals surface area (Å²) in [5, 5.41) is 6.06. The van der Waals surface area contributed by atoms with Crippen LogP contribution in [0.25, 0.3) is 0 Å². The van der Waals surface area contributed by atoms with Crippen LogP contribution in [0.3, 0.4) is 0 Å². The van der Waals surface area contributed by atoms with Gasteiger partial charge in [-0.05, 0) is 38.3 Å². The highest BCUT2D eigenvalue weighted by Gasteiger charge is 2.27. The van der Waals surface area contributed by atoms with E-state index < -0.39 is 0 Å². The fourth-order valence-corrected chi connectivity index (χ4v) is 4.86. The number of amides is 2. The van der Waals surface area contributed by atoms with E-state index in [4.69, 9.17) is 16.3 Å². The molecule has 1 aliphatic heterocycles. The first-order valence-electron chi connectivity index (χ1n) is 10.8. The smallest absolute Gasteiger partial charge is 0.307 e. The zero-order valence-corrected chi connectivity index (χ0v) is 19.9. The van der Waals surface area contributed by atoms with Crippen molar-refractivity contribution in [3.05, 3.63) is 50.9 Å². The van der Waals surface area contributed by atoms with Crippen LogP contribution in [-0.4, -0.2) is 53.4 Å². The molecule has 1 aliphatic rings. The minimum Gasteiger partial charge on any atom is -0.466 e. The maximum absolute atomic E-state index is 12.6. The molecule has 1 atom stereocenters. The predicted octanol–water partition coefficient (Wildman–Crippen LogP) is 3.82. The molecule has 0 saturated carbocycles. The predicted molar refractivity (Wildman–Crippen MR) is 124 cm³/mol. The summed E-state index contributed by atoms with van der Waals surface area (Å²) < 4.78 is 4.91. The fourth-order valence-electron chi connectivity index (χ4n) is 3.69. The van der Waals surface area contributed by atoms with E-state index in [2.05, 4.69) is 10.3 Å². The Bertz CT molecular complexity index is 956. The highest BCUT2D eigenvalue weighted by Crippen LogP contribution is 2.31. The van der Waals surface area contributed by atoms with Gasteiger partial charge in [-0.25, -0.2) is 4.98 Å². The standard InChI is InChI=1S/C23H28ClN3O4S/c1-3-31-21(29)12-15(2)25-22(30)19-14-32-23(26-19)16-8-10-27(11-9-16)20(28)13-17-6-4-5-7-18(17)24/h4-7,14-16H,3,8-13H2,1-2H3,(H,25,30). The van der Waals surface area contributed by atoms with E-state index in [0.717, 1.165) is 23.4 Å². The van der Waals surface area contributed by atoms with Gasteiger partial charge in [0.05, 0.1) is 24.5 Å². The van der Waals surface area contributed by atoms with Crippen molar-refractivity contribution in [2.24, 2.45) is 0 Å². The Labute approximate surface area is 197 Å². The lowest BCUT2D eigenvalue weighted by molar-refractivity contribution is -0.143. The van der Waals surface area contributed by atoms with Gasteiger partial charge in [-0.3, -0.25) is 14.4 Å². The number of ether oxygens (including phenoxy) is 1. The number of piperidine rings is 1. The summed E-state index contributed by atoms with van der Waals surface area (Å²) >= 11 is 7.64. The molecule has 0 radical (unpaired) electrons. The van der Waals surface area contributed by atoms with Crippen LogP contribution in [0.1, 0.15) is 60.1 Å². The number of nitrogens with one attached hydrogen (secondary N) is 1. The largest absolute Gasteiger partial charge is 0.466 e. The monoisotopic (exact) mass is 477 g/mol. The fraction of sp³-hybridized carbons (Fsp3) is 0.478. The van der Waals surface area contributed by atoms with Crippen molar-refractivity contribution in [3.8, 4) is 0 Å². The number of rotatable bonds is 8. The molecule has 9 heteroatoms. The van der Waals surface area contributed by atoms with Crippen molar-refractivity contribution in [1.82, 2.24) is 15.2 Å². The van der Waals surface area contributed by atoms with Crippen LogP contribution in [0.4, 0.5) is 0 Å². The highest BCUT2D eigenvalue weighted by molar-refractivity contribution is 7.09. The molecule has 7 nitrogen and oxygen atoms in total. The molecule has 2 aromatic rings. The van der Waals surface area contributed by atoms with Crippen LogP contribution in [0, 0.1) is 0 Å². The lowest BCUT2D eigenvalue weighted by Gasteiger charge is -2.31. The third kappa shape index (κ3) is 6.53. The molecule has 3 rings (SSSR count). The van der Waals surface area contributed by atoms with Gasteiger partial charge in [0, 0.05) is 35.5 Å². The average molecular weight is 478 g/mol. The first-order chi connectivity index (χ1) is 15.4. The summed E-state index contributed by atoms with van der Waals surface area (Å²) in [7, 11) is 0. The second-order valence-electron chi connectivity index (χ2n) is 7.88. The normalized spacial score (nSPS) is 15.3. The van der Waals surface area contributed by atoms with Crippen molar-refractivity contribution in [1.29, 1.82) is 0 Å². The number of thiazole rings is 1. The summed E-state index contributed by atoms with van der Waals surface area (Å²) in [6.07, 6.45) is 2.04. The Kier molecular flexibility index (Phi) is 8.64. The lowest BCUT2D eigenvalue weighted by atomic mass is 9.97. The van der Waals surface area contributed by atoms with Crippen LogP contribution in [0.2, 0.25) is 5.02 Å². The molecule has 0 bridgehead atoms. The number of hydrogen-bond donors (Lipinski definition) is 1. The SMILES string of the molecule is CCOC(=O)CC(C)NC(=O)c1csc(C2CCN(C(=O)Cc3ccccc3Cl)CC2)n1. The van der Waals surface area contributed by atoms with E-state index in [0.29, 0.717) is 36.8 Å². The molecule has 32 heavy (non-hydrogen) atoms. The van der Waals surface area contributed by atoms with Crippen LogP contribution in [-0.2, 0) is 20.7 Å². The topological polar surface area (TPSA) is 88.6 Å². The van der Waals surface area contributed by atoms with Crippen LogP contribution >= 0.6 is 22.9 Å². The zero-order valence-electron chi connectivity index (χ0n) is 18.3. The summed E-state index contributed by atoms with van der Waals surface area (Å²) in [4.78, 5) is 43.0. The second kappa shape index (κ2) is 11.4. The lowest BCUT2D eigenvalue weighted by Crippen LogP contribution is -2.38. The second-order valence-corrected chi connectivity index (χ2v) is 9.17. The molecule has 0 spiro atoms. The van der Waals surface area contributed by atoms with Gasteiger partial charge in [-0.15, -0.1) is 11.3 Å². The van der Waals surface area contributed by atoms with E-state index in [1.165, 1.54) is 11.3 Å². The number of likely N-dealkylation sites (tertiary alicyclic amines) is 1. The van der Waals surface area contributed by atoms with Crippen LogP contribution in [0.15, 0.2) is 29.6 Å². The van der Waals surface area contributed by atoms with Crippen molar-refractivity contribution < 1.29 is 19.1 Å². The summed E-state index contributed by atoms with van der Waals surface area (Å²) in [6, 6.07) is 7.08. The third-order valence-corrected chi connectivity index (χ3v) is 6.78. The van der Waals surface area contributed by atoms with E-state index in [1.807, 2.05) is 23.1 Å². The van der Waals surface area contributed by atoms with E-state index in [1.54, 1.807) is 25.3 Å². The van der Waals surface area contributed by atoms with Gasteiger partial charge >= 0.3 is 5.97 Å². The zero-order chi connectivity index (χ0) is 23.1. The first kappa shape index (κ1) is 24.2. The van der Waals surface area contributed by atoms with Gasteiger partial charge < -0.3 is 15.0 Å². The average Bonchev–Trinajstić information content (AvgIpc) is 3.26. The van der Waals surface area contributed by atoms with E-state index in [-0.39, 0.29) is 36.2 Å². The Hall–Kier alpha value is -2.45. The van der Waals surface area contributed by atoms with Crippen LogP contribution in [0.5, 0.6) is 0 Å². The minimum atomic E-state index is -0.338. The Morgan fingerprint density at radius 1 is 1.28 bits per heavy atom. The molecule has 2 amide bonds. The van der Waals surface area contributed by atoms with Crippen molar-refractivity contribution >= 4 is 40.7 Å². The maximum Gasteiger partial charge on any atom is 0.307 e. The number of carbonyl (C=O) groups excluding carboxylic acids is 3. The molecule has 1 N–H and O–H groups in total. The van der Waals surface area contributed by atoms with Crippen molar-refractivity contribution in [3.63, 3.8) is 0 Å². The van der Waals surface area contributed by atoms with Gasteiger partial charge in [-0.1, -0.05) is 29.8 Å². The third-order valence-electron chi connectivity index (χ3n) is 5.41. The Morgan fingerprint density at radius 2 is 2.00 bits per heavy atom. The van der Waals surface area contributed by atoms with Gasteiger partial charge in [0.15, 0.2) is 0 Å². The molecule has 1 aromatic heterocycles. The molecular weight excluding hydrogens is 450 g/mol. The number of halogens is 1. The van der Waals surface area contributed by atoms with Gasteiger partial charge in [-0.2, -0.15) is 0 Å². The molecule has 2 heterocycles. The number of hydrogen-bond acceptors (Lipinski definition) is 6. The molecular formula is C23H28ClN3O4S. The van der Waals surface area contributed by atoms with Crippen LogP contribution < -0.4 is 5.32 Å². The van der Waals surface area contributed by atoms with E-state index >= 15 is 0 Å². The molecule has 1 unspecified atom stereocenters. The summed E-state index contributed by atoms with van der Waals surface area (Å²) in [6.45, 7) is 5.14. The quantitative estimate of drug-likeness (QED) is 0.584. The number of esters is 1. The highest BCUT2D eigenvalue weighted by atomic mass is 35.5. The molecule has 1 aromatic carbocycles. The number of nitrogens with zero attached hydrogens (tertiary/aromatic N) is 2. The van der Waals surface area contributed by atoms with Gasteiger partial charge in [0.25, 0.3) is 5.91 Å². The minimum absolute atomic E-state index is 0.0753. The molecule has 1 fully saturated rings. The Balaban J connectivity index is 1.49. The van der Waals surface area contributed by atoms with Crippen molar-refractivity contribution in [2.75, 3.05) is 19.7 Å². The molecule has 0 aliphatic carbocycles. The summed E-state index contributed by atoms with van der Waals surface area (Å²) in [5.41, 5.74) is 1.20. The molecule has 172 valence electrons. The van der Waals surface area contributed by atoms with E-state index in [9.17, 15) is 14.4 Å². The van der Waals surface area contributed by atoms with Crippen molar-refractivity contribution in [2.45, 2.75) is 51.5 Å². The van der Waals surface area contributed by atoms with Gasteiger partial charge in [0.1, 0.15) is 5.69 Å². The Morgan fingerprint density at radius 3 is 2.69 bits per heavy atom. The summed E-state index contributed by atoms with van der Waals surface area (Å²) in [5.74, 6) is -0.332. The maximum atomic E-state index is 12.6. The number of carbonyl (C=O) groups is 3. The number of aromatic nitrogens is 1.